The monoisotopic (exact) mass is 463 g/mol. The van der Waals surface area contributed by atoms with Crippen molar-refractivity contribution in [1.82, 2.24) is 10.6 Å². The highest BCUT2D eigenvalue weighted by molar-refractivity contribution is 9.10. The summed E-state index contributed by atoms with van der Waals surface area (Å²) in [6.45, 7) is 2.64. The molecule has 0 unspecified atom stereocenters. The van der Waals surface area contributed by atoms with Gasteiger partial charge in [-0.2, -0.15) is 0 Å². The normalized spacial score (nSPS) is 10.1. The number of nitrogens with one attached hydrogen (secondary N) is 3. The van der Waals surface area contributed by atoms with E-state index in [9.17, 15) is 9.59 Å². The molecule has 8 heteroatoms. The van der Waals surface area contributed by atoms with E-state index in [4.69, 9.17) is 17.0 Å². The summed E-state index contributed by atoms with van der Waals surface area (Å²) in [5.41, 5.74) is 2.06. The van der Waals surface area contributed by atoms with Crippen molar-refractivity contribution >= 4 is 50.8 Å². The van der Waals surface area contributed by atoms with Crippen LogP contribution in [0.25, 0.3) is 0 Å². The van der Waals surface area contributed by atoms with Crippen LogP contribution in [-0.4, -0.2) is 30.6 Å². The molecule has 2 aromatic rings. The first-order valence-electron chi connectivity index (χ1n) is 8.77. The molecule has 0 aliphatic heterocycles. The van der Waals surface area contributed by atoms with E-state index in [2.05, 4.69) is 31.9 Å². The number of likely N-dealkylation sites (N-methyl/N-ethyl adjacent to an activating group) is 1. The Bertz CT molecular complexity index is 856. The molecule has 0 saturated heterocycles. The molecule has 0 bridgehead atoms. The Kier molecular flexibility index (Phi) is 8.41. The van der Waals surface area contributed by atoms with E-state index in [1.807, 2.05) is 19.1 Å². The predicted octanol–water partition coefficient (Wildman–Crippen LogP) is 3.65. The van der Waals surface area contributed by atoms with Gasteiger partial charge in [0.1, 0.15) is 5.75 Å². The smallest absolute Gasteiger partial charge is 0.257 e. The quantitative estimate of drug-likeness (QED) is 0.546. The zero-order valence-electron chi connectivity index (χ0n) is 15.7. The van der Waals surface area contributed by atoms with Crippen LogP contribution in [0.3, 0.4) is 0 Å². The maximum Gasteiger partial charge on any atom is 0.257 e. The lowest BCUT2D eigenvalue weighted by Crippen LogP contribution is -2.34. The molecular formula is C20H22BrN3O3S. The summed E-state index contributed by atoms with van der Waals surface area (Å²) in [5.74, 6) is 0.313. The Morgan fingerprint density at radius 2 is 1.86 bits per heavy atom. The molecule has 2 aromatic carbocycles. The molecule has 0 atom stereocenters. The van der Waals surface area contributed by atoms with E-state index in [0.717, 1.165) is 17.7 Å². The zero-order valence-corrected chi connectivity index (χ0v) is 18.1. The minimum absolute atomic E-state index is 0.0548. The van der Waals surface area contributed by atoms with Crippen molar-refractivity contribution < 1.29 is 14.3 Å². The summed E-state index contributed by atoms with van der Waals surface area (Å²) in [6, 6.07) is 12.4. The molecule has 0 saturated carbocycles. The standard InChI is InChI=1S/C20H22BrN3O3S/c1-3-10-27-17-9-6-14(12-16(17)21)19(26)24-20(28)23-15-7-4-13(5-8-15)11-18(25)22-2/h4-9,12H,3,10-11H2,1-2H3,(H,22,25)(H2,23,24,26,28). The molecule has 3 N–H and O–H groups in total. The van der Waals surface area contributed by atoms with Crippen LogP contribution in [0, 0.1) is 0 Å². The van der Waals surface area contributed by atoms with Crippen LogP contribution < -0.4 is 20.7 Å². The molecule has 0 radical (unpaired) electrons. The van der Waals surface area contributed by atoms with Gasteiger partial charge in [0.25, 0.3) is 5.91 Å². The average Bonchev–Trinajstić information content (AvgIpc) is 2.68. The molecular weight excluding hydrogens is 442 g/mol. The number of carbonyl (C=O) groups is 2. The number of benzene rings is 2. The van der Waals surface area contributed by atoms with Gasteiger partial charge in [-0.15, -0.1) is 0 Å². The highest BCUT2D eigenvalue weighted by atomic mass is 79.9. The Hall–Kier alpha value is -2.45. The Balaban J connectivity index is 1.92. The van der Waals surface area contributed by atoms with Crippen LogP contribution in [0.5, 0.6) is 5.75 Å². The van der Waals surface area contributed by atoms with Crippen LogP contribution in [0.1, 0.15) is 29.3 Å². The Labute approximate surface area is 178 Å². The van der Waals surface area contributed by atoms with Crippen LogP contribution in [0.2, 0.25) is 0 Å². The first-order chi connectivity index (χ1) is 13.4. The second-order valence-corrected chi connectivity index (χ2v) is 7.21. The van der Waals surface area contributed by atoms with Gasteiger partial charge in [-0.25, -0.2) is 0 Å². The molecule has 0 aromatic heterocycles. The summed E-state index contributed by atoms with van der Waals surface area (Å²) in [7, 11) is 1.60. The SMILES string of the molecule is CCCOc1ccc(C(=O)NC(=S)Nc2ccc(CC(=O)NC)cc2)cc1Br. The number of rotatable bonds is 7. The molecule has 0 aliphatic carbocycles. The van der Waals surface area contributed by atoms with Gasteiger partial charge >= 0.3 is 0 Å². The van der Waals surface area contributed by atoms with E-state index in [1.165, 1.54) is 0 Å². The summed E-state index contributed by atoms with van der Waals surface area (Å²) >= 11 is 8.62. The van der Waals surface area contributed by atoms with Gasteiger partial charge in [-0.1, -0.05) is 19.1 Å². The van der Waals surface area contributed by atoms with Crippen molar-refractivity contribution in [2.45, 2.75) is 19.8 Å². The predicted molar refractivity (Wildman–Crippen MR) is 118 cm³/mol. The summed E-state index contributed by atoms with van der Waals surface area (Å²) < 4.78 is 6.29. The molecule has 28 heavy (non-hydrogen) atoms. The van der Waals surface area contributed by atoms with Crippen molar-refractivity contribution in [3.8, 4) is 5.75 Å². The molecule has 0 fully saturated rings. The fourth-order valence-corrected chi connectivity index (χ4v) is 2.99. The first-order valence-corrected chi connectivity index (χ1v) is 9.97. The highest BCUT2D eigenvalue weighted by Gasteiger charge is 2.11. The van der Waals surface area contributed by atoms with Gasteiger partial charge < -0.3 is 15.4 Å². The Morgan fingerprint density at radius 1 is 1.14 bits per heavy atom. The second kappa shape index (κ2) is 10.8. The van der Waals surface area contributed by atoms with Crippen molar-refractivity contribution in [2.24, 2.45) is 0 Å². The molecule has 6 nitrogen and oxygen atoms in total. The van der Waals surface area contributed by atoms with E-state index in [1.54, 1.807) is 37.4 Å². The van der Waals surface area contributed by atoms with Crippen LogP contribution in [0.15, 0.2) is 46.9 Å². The Morgan fingerprint density at radius 3 is 2.46 bits per heavy atom. The van der Waals surface area contributed by atoms with E-state index in [0.29, 0.717) is 28.8 Å². The molecule has 148 valence electrons. The maximum absolute atomic E-state index is 12.4. The average molecular weight is 464 g/mol. The number of halogens is 1. The third-order valence-electron chi connectivity index (χ3n) is 3.74. The number of hydrogen-bond acceptors (Lipinski definition) is 4. The van der Waals surface area contributed by atoms with Crippen molar-refractivity contribution in [2.75, 3.05) is 19.0 Å². The molecule has 2 amide bonds. The van der Waals surface area contributed by atoms with Gasteiger partial charge in [0.15, 0.2) is 5.11 Å². The van der Waals surface area contributed by atoms with Gasteiger partial charge in [0.2, 0.25) is 5.91 Å². The topological polar surface area (TPSA) is 79.5 Å². The molecule has 2 rings (SSSR count). The number of hydrogen-bond donors (Lipinski definition) is 3. The van der Waals surface area contributed by atoms with E-state index < -0.39 is 0 Å². The lowest BCUT2D eigenvalue weighted by Gasteiger charge is -2.11. The lowest BCUT2D eigenvalue weighted by atomic mass is 10.1. The first kappa shape index (κ1) is 21.8. The third kappa shape index (κ3) is 6.61. The number of carbonyl (C=O) groups excluding carboxylic acids is 2. The molecule has 0 spiro atoms. The number of amides is 2. The van der Waals surface area contributed by atoms with Crippen molar-refractivity contribution in [1.29, 1.82) is 0 Å². The van der Waals surface area contributed by atoms with Gasteiger partial charge in [-0.05, 0) is 70.5 Å². The lowest BCUT2D eigenvalue weighted by molar-refractivity contribution is -0.119. The van der Waals surface area contributed by atoms with Crippen LogP contribution in [-0.2, 0) is 11.2 Å². The number of thiocarbonyl (C=S) groups is 1. The van der Waals surface area contributed by atoms with Crippen molar-refractivity contribution in [3.63, 3.8) is 0 Å². The summed E-state index contributed by atoms with van der Waals surface area (Å²) in [5, 5.41) is 8.37. The van der Waals surface area contributed by atoms with E-state index in [-0.39, 0.29) is 16.9 Å². The largest absolute Gasteiger partial charge is 0.492 e. The van der Waals surface area contributed by atoms with Crippen molar-refractivity contribution in [3.05, 3.63) is 58.1 Å². The number of ether oxygens (including phenoxy) is 1. The minimum atomic E-state index is -0.323. The molecule has 0 aliphatic rings. The van der Waals surface area contributed by atoms with Gasteiger partial charge in [0, 0.05) is 18.3 Å². The third-order valence-corrected chi connectivity index (χ3v) is 4.56. The highest BCUT2D eigenvalue weighted by Crippen LogP contribution is 2.26. The van der Waals surface area contributed by atoms with E-state index >= 15 is 0 Å². The van der Waals surface area contributed by atoms with Crippen LogP contribution >= 0.6 is 28.1 Å². The van der Waals surface area contributed by atoms with Gasteiger partial charge in [-0.3, -0.25) is 14.9 Å². The fourth-order valence-electron chi connectivity index (χ4n) is 2.29. The van der Waals surface area contributed by atoms with Crippen LogP contribution in [0.4, 0.5) is 5.69 Å². The zero-order chi connectivity index (χ0) is 20.5. The van der Waals surface area contributed by atoms with Gasteiger partial charge in [0.05, 0.1) is 17.5 Å². The molecule has 0 heterocycles. The maximum atomic E-state index is 12.4. The summed E-state index contributed by atoms with van der Waals surface area (Å²) in [4.78, 5) is 23.8. The minimum Gasteiger partial charge on any atom is -0.492 e. The summed E-state index contributed by atoms with van der Waals surface area (Å²) in [6.07, 6.45) is 1.21. The second-order valence-electron chi connectivity index (χ2n) is 5.95. The fraction of sp³-hybridized carbons (Fsp3) is 0.250. The number of anilines is 1.